The van der Waals surface area contributed by atoms with Crippen LogP contribution in [0.3, 0.4) is 0 Å². The molecule has 1 unspecified atom stereocenters. The zero-order chi connectivity index (χ0) is 22.7. The minimum absolute atomic E-state index is 0.167. The Balaban J connectivity index is 1.75. The van der Waals surface area contributed by atoms with Gasteiger partial charge in [0.15, 0.2) is 12.2 Å². The molecule has 2 heterocycles. The van der Waals surface area contributed by atoms with E-state index in [1.54, 1.807) is 26.3 Å². The normalized spacial score (nSPS) is 20.1. The Hall–Kier alpha value is -3.39. The second-order valence-electron chi connectivity index (χ2n) is 7.72. The molecule has 8 heteroatoms. The topological polar surface area (TPSA) is 82.8 Å². The lowest BCUT2D eigenvalue weighted by Gasteiger charge is -2.30. The number of halogens is 1. The highest BCUT2D eigenvalue weighted by molar-refractivity contribution is 5.73. The number of fused-ring (bicyclic) bond motifs is 1. The van der Waals surface area contributed by atoms with Crippen molar-refractivity contribution in [2.24, 2.45) is 0 Å². The monoisotopic (exact) mass is 440 g/mol. The maximum atomic E-state index is 14.0. The molecule has 0 bridgehead atoms. The number of benzene rings is 2. The number of methoxy groups -OCH3 is 1. The Bertz CT molecular complexity index is 1100. The molecule has 0 fully saturated rings. The molecular formula is C24H25FN2O5. The van der Waals surface area contributed by atoms with Gasteiger partial charge in [0.2, 0.25) is 5.72 Å². The van der Waals surface area contributed by atoms with Crippen LogP contribution in [0, 0.1) is 5.82 Å². The van der Waals surface area contributed by atoms with Gasteiger partial charge in [0.05, 0.1) is 26.3 Å². The van der Waals surface area contributed by atoms with Crippen molar-refractivity contribution in [3.63, 3.8) is 0 Å². The maximum absolute atomic E-state index is 14.0. The highest BCUT2D eigenvalue weighted by Crippen LogP contribution is 2.38. The molecule has 32 heavy (non-hydrogen) atoms. The number of rotatable bonds is 6. The molecule has 1 aromatic heterocycles. The third-order valence-electron chi connectivity index (χ3n) is 5.42. The first-order valence-electron chi connectivity index (χ1n) is 10.4. The quantitative estimate of drug-likeness (QED) is 0.575. The summed E-state index contributed by atoms with van der Waals surface area (Å²) >= 11 is 0. The van der Waals surface area contributed by atoms with Crippen LogP contribution in [-0.4, -0.2) is 30.7 Å². The zero-order valence-corrected chi connectivity index (χ0v) is 18.2. The lowest BCUT2D eigenvalue weighted by atomic mass is 9.98. The average Bonchev–Trinajstić information content (AvgIpc) is 3.26. The lowest BCUT2D eigenvalue weighted by molar-refractivity contribution is -0.144. The van der Waals surface area contributed by atoms with Crippen LogP contribution >= 0.6 is 0 Å². The molecule has 2 atom stereocenters. The van der Waals surface area contributed by atoms with Crippen LogP contribution in [0.4, 0.5) is 4.39 Å². The van der Waals surface area contributed by atoms with E-state index in [1.807, 2.05) is 25.1 Å². The van der Waals surface area contributed by atoms with Gasteiger partial charge in [-0.1, -0.05) is 12.1 Å². The second kappa shape index (κ2) is 9.00. The van der Waals surface area contributed by atoms with Crippen LogP contribution in [0.15, 0.2) is 53.4 Å². The number of oxazole rings is 1. The Morgan fingerprint density at radius 1 is 1.31 bits per heavy atom. The SMILES string of the molecule is CCOC(=O)C[C@H]1Cc2ccc(-c3cc(F)ccc3OC)cc2OC(C)(c2cnco2)N1. The Labute approximate surface area is 185 Å². The molecule has 0 saturated carbocycles. The standard InChI is InChI=1S/C24H25FN2O5/c1-4-30-23(28)12-18-9-16-6-5-15(19-11-17(25)7-8-20(19)29-3)10-21(16)32-24(2,27-18)22-13-26-14-31-22/h5-8,10-11,13-14,18,27H,4,9,12H2,1-3H3/t18-,24?/m1/s1. The van der Waals surface area contributed by atoms with E-state index in [0.717, 1.165) is 11.1 Å². The third kappa shape index (κ3) is 4.45. The summed E-state index contributed by atoms with van der Waals surface area (Å²) in [5, 5.41) is 3.38. The molecule has 0 saturated heterocycles. The van der Waals surface area contributed by atoms with Gasteiger partial charge in [-0.2, -0.15) is 0 Å². The van der Waals surface area contributed by atoms with Crippen molar-refractivity contribution in [2.75, 3.05) is 13.7 Å². The molecule has 1 aliphatic heterocycles. The molecule has 0 aliphatic carbocycles. The van der Waals surface area contributed by atoms with Crippen LogP contribution in [0.5, 0.6) is 11.5 Å². The molecule has 7 nitrogen and oxygen atoms in total. The number of esters is 1. The molecule has 4 rings (SSSR count). The van der Waals surface area contributed by atoms with Gasteiger partial charge in [-0.05, 0) is 55.7 Å². The van der Waals surface area contributed by atoms with Crippen LogP contribution in [0.2, 0.25) is 0 Å². The van der Waals surface area contributed by atoms with Crippen LogP contribution in [0.25, 0.3) is 11.1 Å². The van der Waals surface area contributed by atoms with E-state index in [0.29, 0.717) is 35.9 Å². The summed E-state index contributed by atoms with van der Waals surface area (Å²) < 4.78 is 36.4. The number of hydrogen-bond donors (Lipinski definition) is 1. The van der Waals surface area contributed by atoms with Gasteiger partial charge < -0.3 is 18.6 Å². The summed E-state index contributed by atoms with van der Waals surface area (Å²) in [5.41, 5.74) is 1.17. The molecule has 168 valence electrons. The molecule has 2 aromatic carbocycles. The smallest absolute Gasteiger partial charge is 0.307 e. The summed E-state index contributed by atoms with van der Waals surface area (Å²) in [6.45, 7) is 3.91. The van der Waals surface area contributed by atoms with Crippen LogP contribution in [-0.2, 0) is 21.7 Å². The number of carbonyl (C=O) groups is 1. The van der Waals surface area contributed by atoms with Crippen molar-refractivity contribution >= 4 is 5.97 Å². The van der Waals surface area contributed by atoms with E-state index in [9.17, 15) is 9.18 Å². The minimum Gasteiger partial charge on any atom is -0.496 e. The van der Waals surface area contributed by atoms with Crippen molar-refractivity contribution in [2.45, 2.75) is 38.5 Å². The summed E-state index contributed by atoms with van der Waals surface area (Å²) in [5.74, 6) is 0.949. The molecule has 1 N–H and O–H groups in total. The third-order valence-corrected chi connectivity index (χ3v) is 5.42. The molecule has 0 spiro atoms. The van der Waals surface area contributed by atoms with Gasteiger partial charge in [0, 0.05) is 11.6 Å². The van der Waals surface area contributed by atoms with Gasteiger partial charge in [-0.3, -0.25) is 10.1 Å². The first kappa shape index (κ1) is 21.8. The highest BCUT2D eigenvalue weighted by Gasteiger charge is 2.39. The van der Waals surface area contributed by atoms with Crippen molar-refractivity contribution in [3.8, 4) is 22.6 Å². The fourth-order valence-electron chi connectivity index (χ4n) is 3.96. The minimum atomic E-state index is -1.08. The highest BCUT2D eigenvalue weighted by atomic mass is 19.1. The number of nitrogens with zero attached hydrogens (tertiary/aromatic N) is 1. The summed E-state index contributed by atoms with van der Waals surface area (Å²) in [6, 6.07) is 9.75. The molecular weight excluding hydrogens is 415 g/mol. The maximum Gasteiger partial charge on any atom is 0.307 e. The van der Waals surface area contributed by atoms with Crippen molar-refractivity contribution in [1.29, 1.82) is 0 Å². The van der Waals surface area contributed by atoms with E-state index in [1.165, 1.54) is 18.5 Å². The molecule has 0 amide bonds. The van der Waals surface area contributed by atoms with Gasteiger partial charge in [-0.25, -0.2) is 9.37 Å². The Morgan fingerprint density at radius 3 is 2.88 bits per heavy atom. The van der Waals surface area contributed by atoms with E-state index in [-0.39, 0.29) is 24.2 Å². The molecule has 1 aliphatic rings. The van der Waals surface area contributed by atoms with Crippen molar-refractivity contribution in [1.82, 2.24) is 10.3 Å². The Kier molecular flexibility index (Phi) is 6.14. The van der Waals surface area contributed by atoms with Gasteiger partial charge in [0.1, 0.15) is 17.3 Å². The second-order valence-corrected chi connectivity index (χ2v) is 7.72. The van der Waals surface area contributed by atoms with Gasteiger partial charge in [-0.15, -0.1) is 0 Å². The number of nitrogens with one attached hydrogen (secondary N) is 1. The first-order valence-corrected chi connectivity index (χ1v) is 10.4. The predicted molar refractivity (Wildman–Crippen MR) is 115 cm³/mol. The summed E-state index contributed by atoms with van der Waals surface area (Å²) in [7, 11) is 1.54. The number of ether oxygens (including phenoxy) is 3. The van der Waals surface area contributed by atoms with Gasteiger partial charge in [0.25, 0.3) is 0 Å². The van der Waals surface area contributed by atoms with Crippen LogP contribution in [0.1, 0.15) is 31.6 Å². The predicted octanol–water partition coefficient (Wildman–Crippen LogP) is 4.21. The number of hydrogen-bond acceptors (Lipinski definition) is 7. The molecule has 0 radical (unpaired) electrons. The van der Waals surface area contributed by atoms with Crippen LogP contribution < -0.4 is 14.8 Å². The van der Waals surface area contributed by atoms with E-state index >= 15 is 0 Å². The van der Waals surface area contributed by atoms with Crippen molar-refractivity contribution in [3.05, 3.63) is 66.1 Å². The molecule has 3 aromatic rings. The summed E-state index contributed by atoms with van der Waals surface area (Å²) in [4.78, 5) is 16.2. The fourth-order valence-corrected chi connectivity index (χ4v) is 3.96. The van der Waals surface area contributed by atoms with E-state index in [2.05, 4.69) is 10.3 Å². The average molecular weight is 440 g/mol. The lowest BCUT2D eigenvalue weighted by Crippen LogP contribution is -2.49. The zero-order valence-electron chi connectivity index (χ0n) is 18.2. The number of aromatic nitrogens is 1. The van der Waals surface area contributed by atoms with E-state index in [4.69, 9.17) is 18.6 Å². The largest absolute Gasteiger partial charge is 0.496 e. The summed E-state index contributed by atoms with van der Waals surface area (Å²) in [6.07, 6.45) is 3.59. The van der Waals surface area contributed by atoms with Crippen molar-refractivity contribution < 1.29 is 27.8 Å². The van der Waals surface area contributed by atoms with Gasteiger partial charge >= 0.3 is 5.97 Å². The van der Waals surface area contributed by atoms with E-state index < -0.39 is 5.72 Å². The first-order chi connectivity index (χ1) is 15.4. The Morgan fingerprint density at radius 2 is 2.16 bits per heavy atom. The fraction of sp³-hybridized carbons (Fsp3) is 0.333. The number of carbonyl (C=O) groups excluding carboxylic acids is 1.